The summed E-state index contributed by atoms with van der Waals surface area (Å²) in [5, 5.41) is 8.96. The molecule has 2 aliphatic heterocycles. The summed E-state index contributed by atoms with van der Waals surface area (Å²) in [5.41, 5.74) is 0. The Balaban J connectivity index is 1.99. The number of aliphatic carboxylic acids is 1. The topological polar surface area (TPSA) is 76.1 Å². The SMILES string of the molecule is O=C(O)[C@H]1CCCN1C(=O)C1COCCO1. The second-order valence-electron chi connectivity index (χ2n) is 3.96. The van der Waals surface area contributed by atoms with Crippen LogP contribution >= 0.6 is 0 Å². The molecular formula is C10H15NO5. The zero-order chi connectivity index (χ0) is 11.5. The fourth-order valence-electron chi connectivity index (χ4n) is 2.10. The molecule has 2 aliphatic rings. The van der Waals surface area contributed by atoms with Crippen LogP contribution in [0.15, 0.2) is 0 Å². The van der Waals surface area contributed by atoms with Gasteiger partial charge in [-0.2, -0.15) is 0 Å². The first-order chi connectivity index (χ1) is 7.70. The molecule has 2 saturated heterocycles. The first-order valence-electron chi connectivity index (χ1n) is 5.43. The van der Waals surface area contributed by atoms with E-state index in [0.29, 0.717) is 26.2 Å². The van der Waals surface area contributed by atoms with Gasteiger partial charge in [0.05, 0.1) is 19.8 Å². The van der Waals surface area contributed by atoms with Crippen LogP contribution in [0.3, 0.4) is 0 Å². The Hall–Kier alpha value is -1.14. The Morgan fingerprint density at radius 3 is 2.75 bits per heavy atom. The van der Waals surface area contributed by atoms with Crippen molar-refractivity contribution in [3.05, 3.63) is 0 Å². The van der Waals surface area contributed by atoms with E-state index < -0.39 is 18.1 Å². The fraction of sp³-hybridized carbons (Fsp3) is 0.800. The van der Waals surface area contributed by atoms with Crippen LogP contribution < -0.4 is 0 Å². The predicted octanol–water partition coefficient (Wildman–Crippen LogP) is -0.523. The van der Waals surface area contributed by atoms with Crippen LogP contribution in [0.5, 0.6) is 0 Å². The van der Waals surface area contributed by atoms with Crippen molar-refractivity contribution >= 4 is 11.9 Å². The molecule has 0 radical (unpaired) electrons. The standard InChI is InChI=1S/C10H15NO5/c12-9(8-6-15-4-5-16-8)11-3-1-2-7(11)10(13)14/h7-8H,1-6H2,(H,13,14)/t7-,8?/m1/s1. The van der Waals surface area contributed by atoms with E-state index in [1.165, 1.54) is 4.90 Å². The molecule has 0 spiro atoms. The number of carboxylic acid groups (broad SMARTS) is 1. The second-order valence-corrected chi connectivity index (χ2v) is 3.96. The summed E-state index contributed by atoms with van der Waals surface area (Å²) in [4.78, 5) is 24.3. The number of amides is 1. The van der Waals surface area contributed by atoms with E-state index in [4.69, 9.17) is 14.6 Å². The van der Waals surface area contributed by atoms with Gasteiger partial charge in [0, 0.05) is 6.54 Å². The summed E-state index contributed by atoms with van der Waals surface area (Å²) in [6.07, 6.45) is 0.624. The molecule has 0 saturated carbocycles. The lowest BCUT2D eigenvalue weighted by atomic mass is 10.2. The molecule has 6 nitrogen and oxygen atoms in total. The predicted molar refractivity (Wildman–Crippen MR) is 52.9 cm³/mol. The number of carbonyl (C=O) groups is 2. The molecule has 2 fully saturated rings. The van der Waals surface area contributed by atoms with E-state index in [1.54, 1.807) is 0 Å². The highest BCUT2D eigenvalue weighted by Gasteiger charge is 2.38. The normalized spacial score (nSPS) is 30.4. The van der Waals surface area contributed by atoms with E-state index in [-0.39, 0.29) is 12.5 Å². The fourth-order valence-corrected chi connectivity index (χ4v) is 2.10. The van der Waals surface area contributed by atoms with Crippen LogP contribution in [-0.4, -0.2) is 60.4 Å². The summed E-state index contributed by atoms with van der Waals surface area (Å²) in [6.45, 7) is 1.60. The molecule has 2 rings (SSSR count). The van der Waals surface area contributed by atoms with Crippen molar-refractivity contribution in [2.24, 2.45) is 0 Å². The average Bonchev–Trinajstić information content (AvgIpc) is 2.78. The molecule has 0 aromatic heterocycles. The molecule has 1 amide bonds. The van der Waals surface area contributed by atoms with Gasteiger partial charge in [-0.3, -0.25) is 4.79 Å². The molecule has 0 aliphatic carbocycles. The monoisotopic (exact) mass is 229 g/mol. The van der Waals surface area contributed by atoms with E-state index in [2.05, 4.69) is 0 Å². The van der Waals surface area contributed by atoms with E-state index in [9.17, 15) is 9.59 Å². The molecule has 1 unspecified atom stereocenters. The molecular weight excluding hydrogens is 214 g/mol. The lowest BCUT2D eigenvalue weighted by molar-refractivity contribution is -0.163. The third-order valence-electron chi connectivity index (χ3n) is 2.91. The maximum Gasteiger partial charge on any atom is 0.326 e. The number of hydrogen-bond acceptors (Lipinski definition) is 4. The van der Waals surface area contributed by atoms with Crippen LogP contribution in [0.25, 0.3) is 0 Å². The van der Waals surface area contributed by atoms with Crippen LogP contribution in [-0.2, 0) is 19.1 Å². The first kappa shape index (κ1) is 11.3. The minimum Gasteiger partial charge on any atom is -0.480 e. The molecule has 16 heavy (non-hydrogen) atoms. The maximum absolute atomic E-state index is 12.0. The average molecular weight is 229 g/mol. The number of nitrogens with zero attached hydrogens (tertiary/aromatic N) is 1. The Morgan fingerprint density at radius 1 is 1.31 bits per heavy atom. The van der Waals surface area contributed by atoms with Crippen molar-refractivity contribution in [3.8, 4) is 0 Å². The van der Waals surface area contributed by atoms with Gasteiger partial charge in [0.2, 0.25) is 0 Å². The third-order valence-corrected chi connectivity index (χ3v) is 2.91. The Morgan fingerprint density at radius 2 is 2.12 bits per heavy atom. The smallest absolute Gasteiger partial charge is 0.326 e. The lowest BCUT2D eigenvalue weighted by Gasteiger charge is -2.28. The molecule has 0 aromatic rings. The van der Waals surface area contributed by atoms with E-state index >= 15 is 0 Å². The minimum absolute atomic E-state index is 0.224. The van der Waals surface area contributed by atoms with Gasteiger partial charge in [-0.15, -0.1) is 0 Å². The molecule has 1 N–H and O–H groups in total. The summed E-state index contributed by atoms with van der Waals surface area (Å²) in [7, 11) is 0. The van der Waals surface area contributed by atoms with Crippen molar-refractivity contribution in [1.29, 1.82) is 0 Å². The maximum atomic E-state index is 12.0. The van der Waals surface area contributed by atoms with Gasteiger partial charge in [0.1, 0.15) is 6.04 Å². The Labute approximate surface area is 93.1 Å². The quantitative estimate of drug-likeness (QED) is 0.689. The van der Waals surface area contributed by atoms with Gasteiger partial charge in [0.25, 0.3) is 5.91 Å². The van der Waals surface area contributed by atoms with Crippen molar-refractivity contribution in [2.75, 3.05) is 26.4 Å². The number of hydrogen-bond donors (Lipinski definition) is 1. The minimum atomic E-state index is -0.942. The van der Waals surface area contributed by atoms with Gasteiger partial charge >= 0.3 is 5.97 Å². The second kappa shape index (κ2) is 4.80. The molecule has 2 atom stereocenters. The summed E-state index contributed by atoms with van der Waals surface area (Å²) in [6, 6.07) is -0.696. The van der Waals surface area contributed by atoms with Crippen LogP contribution in [0, 0.1) is 0 Å². The highest BCUT2D eigenvalue weighted by molar-refractivity contribution is 5.87. The zero-order valence-corrected chi connectivity index (χ0v) is 8.92. The van der Waals surface area contributed by atoms with Crippen LogP contribution in [0.1, 0.15) is 12.8 Å². The molecule has 0 aromatic carbocycles. The third kappa shape index (κ3) is 2.17. The number of ether oxygens (including phenoxy) is 2. The number of carbonyl (C=O) groups excluding carboxylic acids is 1. The zero-order valence-electron chi connectivity index (χ0n) is 8.92. The molecule has 90 valence electrons. The lowest BCUT2D eigenvalue weighted by Crippen LogP contribution is -2.49. The van der Waals surface area contributed by atoms with E-state index in [1.807, 2.05) is 0 Å². The number of likely N-dealkylation sites (tertiary alicyclic amines) is 1. The summed E-state index contributed by atoms with van der Waals surface area (Å²) >= 11 is 0. The Bertz CT molecular complexity index is 287. The van der Waals surface area contributed by atoms with Gasteiger partial charge in [0.15, 0.2) is 6.10 Å². The van der Waals surface area contributed by atoms with Crippen LogP contribution in [0.4, 0.5) is 0 Å². The van der Waals surface area contributed by atoms with E-state index in [0.717, 1.165) is 6.42 Å². The van der Waals surface area contributed by atoms with Gasteiger partial charge < -0.3 is 19.5 Å². The first-order valence-corrected chi connectivity index (χ1v) is 5.43. The van der Waals surface area contributed by atoms with Crippen molar-refractivity contribution in [1.82, 2.24) is 4.90 Å². The highest BCUT2D eigenvalue weighted by Crippen LogP contribution is 2.19. The van der Waals surface area contributed by atoms with Gasteiger partial charge in [-0.25, -0.2) is 4.79 Å². The Kier molecular flexibility index (Phi) is 3.40. The van der Waals surface area contributed by atoms with Crippen molar-refractivity contribution in [2.45, 2.75) is 25.0 Å². The van der Waals surface area contributed by atoms with Crippen molar-refractivity contribution in [3.63, 3.8) is 0 Å². The number of carboxylic acids is 1. The van der Waals surface area contributed by atoms with Gasteiger partial charge in [-0.1, -0.05) is 0 Å². The highest BCUT2D eigenvalue weighted by atomic mass is 16.6. The molecule has 6 heteroatoms. The van der Waals surface area contributed by atoms with Crippen LogP contribution in [0.2, 0.25) is 0 Å². The van der Waals surface area contributed by atoms with Crippen molar-refractivity contribution < 1.29 is 24.2 Å². The van der Waals surface area contributed by atoms with Gasteiger partial charge in [-0.05, 0) is 12.8 Å². The molecule has 2 heterocycles. The number of rotatable bonds is 2. The summed E-state index contributed by atoms with van der Waals surface area (Å²) in [5.74, 6) is -1.20. The largest absolute Gasteiger partial charge is 0.480 e. The summed E-state index contributed by atoms with van der Waals surface area (Å²) < 4.78 is 10.4. The molecule has 0 bridgehead atoms.